The van der Waals surface area contributed by atoms with Crippen LogP contribution in [0.15, 0.2) is 48.6 Å². The minimum absolute atomic E-state index is 0.0720. The van der Waals surface area contributed by atoms with Crippen LogP contribution in [0.4, 0.5) is 0 Å². The van der Waals surface area contributed by atoms with Crippen molar-refractivity contribution < 1.29 is 28.6 Å². The van der Waals surface area contributed by atoms with Gasteiger partial charge in [0.1, 0.15) is 13.2 Å². The molecule has 78 heavy (non-hydrogen) atoms. The average molecular weight is 1090 g/mol. The third kappa shape index (κ3) is 64.2. The lowest BCUT2D eigenvalue weighted by Gasteiger charge is -2.18. The first kappa shape index (κ1) is 75.4. The number of hydrogen-bond donors (Lipinski definition) is 0. The van der Waals surface area contributed by atoms with Crippen molar-refractivity contribution in [3.63, 3.8) is 0 Å². The van der Waals surface area contributed by atoms with Crippen molar-refractivity contribution in [1.29, 1.82) is 0 Å². The Morgan fingerprint density at radius 3 is 0.718 bits per heavy atom. The summed E-state index contributed by atoms with van der Waals surface area (Å²) in [7, 11) is 0. The number of allylic oxidation sites excluding steroid dienone is 8. The molecule has 0 aliphatic carbocycles. The molecule has 0 saturated carbocycles. The quantitative estimate of drug-likeness (QED) is 0.0261. The van der Waals surface area contributed by atoms with E-state index in [9.17, 15) is 14.4 Å². The molecule has 1 unspecified atom stereocenters. The van der Waals surface area contributed by atoms with Gasteiger partial charge in [-0.1, -0.05) is 320 Å². The van der Waals surface area contributed by atoms with Gasteiger partial charge in [0, 0.05) is 19.3 Å². The fourth-order valence-electron chi connectivity index (χ4n) is 10.3. The number of carbonyl (C=O) groups is 3. The first-order valence-electron chi connectivity index (χ1n) is 34.6. The molecule has 0 rings (SSSR count). The van der Waals surface area contributed by atoms with Crippen molar-refractivity contribution in [2.45, 2.75) is 380 Å². The molecule has 6 heteroatoms. The van der Waals surface area contributed by atoms with Crippen LogP contribution in [-0.2, 0) is 28.6 Å². The van der Waals surface area contributed by atoms with Crippen LogP contribution in [0.3, 0.4) is 0 Å². The van der Waals surface area contributed by atoms with Gasteiger partial charge in [0.15, 0.2) is 6.10 Å². The highest BCUT2D eigenvalue weighted by molar-refractivity contribution is 5.71. The van der Waals surface area contributed by atoms with Gasteiger partial charge in [0.05, 0.1) is 0 Å². The summed E-state index contributed by atoms with van der Waals surface area (Å²) in [5, 5.41) is 0. The lowest BCUT2D eigenvalue weighted by Crippen LogP contribution is -2.30. The predicted octanol–water partition coefficient (Wildman–Crippen LogP) is 23.7. The maximum Gasteiger partial charge on any atom is 0.306 e. The largest absolute Gasteiger partial charge is 0.462 e. The molecule has 0 N–H and O–H groups in total. The van der Waals surface area contributed by atoms with Crippen molar-refractivity contribution in [1.82, 2.24) is 0 Å². The van der Waals surface area contributed by atoms with Crippen LogP contribution in [0.2, 0.25) is 0 Å². The van der Waals surface area contributed by atoms with Crippen LogP contribution in [0.25, 0.3) is 0 Å². The smallest absolute Gasteiger partial charge is 0.306 e. The highest BCUT2D eigenvalue weighted by Crippen LogP contribution is 2.18. The number of unbranched alkanes of at least 4 members (excludes halogenated alkanes) is 45. The lowest BCUT2D eigenvalue weighted by molar-refractivity contribution is -0.167. The van der Waals surface area contributed by atoms with Gasteiger partial charge >= 0.3 is 17.9 Å². The van der Waals surface area contributed by atoms with E-state index in [1.54, 1.807) is 0 Å². The highest BCUT2D eigenvalue weighted by atomic mass is 16.6. The molecule has 0 aromatic carbocycles. The molecular formula is C72H132O6. The molecule has 6 nitrogen and oxygen atoms in total. The summed E-state index contributed by atoms with van der Waals surface area (Å²) in [5.74, 6) is -0.854. The van der Waals surface area contributed by atoms with Gasteiger partial charge in [-0.15, -0.1) is 0 Å². The Morgan fingerprint density at radius 1 is 0.256 bits per heavy atom. The first-order chi connectivity index (χ1) is 38.5. The van der Waals surface area contributed by atoms with E-state index < -0.39 is 6.10 Å². The Kier molecular flexibility index (Phi) is 64.6. The second kappa shape index (κ2) is 66.9. The second-order valence-electron chi connectivity index (χ2n) is 23.4. The summed E-state index contributed by atoms with van der Waals surface area (Å²) in [5.41, 5.74) is 0. The van der Waals surface area contributed by atoms with Crippen molar-refractivity contribution in [3.8, 4) is 0 Å². The van der Waals surface area contributed by atoms with E-state index in [0.717, 1.165) is 77.0 Å². The number of esters is 3. The summed E-state index contributed by atoms with van der Waals surface area (Å²) in [6.07, 6.45) is 84.1. The van der Waals surface area contributed by atoms with E-state index >= 15 is 0 Å². The first-order valence-corrected chi connectivity index (χ1v) is 34.6. The third-order valence-corrected chi connectivity index (χ3v) is 15.6. The molecule has 0 aromatic rings. The number of hydrogen-bond acceptors (Lipinski definition) is 6. The second-order valence-corrected chi connectivity index (χ2v) is 23.4. The Bertz CT molecular complexity index is 1350. The third-order valence-electron chi connectivity index (χ3n) is 15.6. The van der Waals surface area contributed by atoms with Crippen molar-refractivity contribution in [2.24, 2.45) is 0 Å². The van der Waals surface area contributed by atoms with Crippen LogP contribution >= 0.6 is 0 Å². The standard InChI is InChI=1S/C72H132O6/c1-4-7-10-13-16-19-22-25-28-31-33-34-35-36-37-38-39-42-44-47-50-53-56-59-62-65-71(74)77-68-69(67-76-70(73)64-61-58-55-52-49-46-43-40-30-27-24-21-18-15-12-9-6-3)78-72(75)66-63-60-57-54-51-48-45-41-32-29-26-23-20-17-14-11-8-5-2/h20,22-23,25,29,31-33,69H,4-19,21,24,26-28,30,34-68H2,1-3H3/b23-20-,25-22-,32-29-,33-31-. The average Bonchev–Trinajstić information content (AvgIpc) is 3.44. The summed E-state index contributed by atoms with van der Waals surface area (Å²) >= 11 is 0. The zero-order chi connectivity index (χ0) is 56.4. The van der Waals surface area contributed by atoms with E-state index in [-0.39, 0.29) is 31.1 Å². The molecule has 0 spiro atoms. The fraction of sp³-hybridized carbons (Fsp3) is 0.847. The SMILES string of the molecule is CCCCCC/C=C\C/C=C\CCCCCCCCCC(=O)OC(COC(=O)CCCCCCCCCCCCCCC/C=C\C/C=C\CCCCCCC)COC(=O)CCCCCCCCCCCCCCCCCCC. The highest BCUT2D eigenvalue weighted by Gasteiger charge is 2.19. The topological polar surface area (TPSA) is 78.9 Å². The maximum absolute atomic E-state index is 12.9. The van der Waals surface area contributed by atoms with E-state index in [0.29, 0.717) is 19.3 Å². The van der Waals surface area contributed by atoms with E-state index in [4.69, 9.17) is 14.2 Å². The van der Waals surface area contributed by atoms with Crippen LogP contribution < -0.4 is 0 Å². The van der Waals surface area contributed by atoms with E-state index in [1.165, 1.54) is 257 Å². The van der Waals surface area contributed by atoms with Crippen LogP contribution in [0, 0.1) is 0 Å². The number of rotatable bonds is 64. The monoisotopic (exact) mass is 1090 g/mol. The van der Waals surface area contributed by atoms with Gasteiger partial charge in [0.25, 0.3) is 0 Å². The van der Waals surface area contributed by atoms with Crippen molar-refractivity contribution in [2.75, 3.05) is 13.2 Å². The van der Waals surface area contributed by atoms with E-state index in [2.05, 4.69) is 69.4 Å². The molecule has 1 atom stereocenters. The molecule has 0 aromatic heterocycles. The lowest BCUT2D eigenvalue weighted by atomic mass is 10.0. The Morgan fingerprint density at radius 2 is 0.462 bits per heavy atom. The minimum atomic E-state index is -0.777. The summed E-state index contributed by atoms with van der Waals surface area (Å²) in [4.78, 5) is 38.4. The molecule has 0 bridgehead atoms. The van der Waals surface area contributed by atoms with Gasteiger partial charge in [-0.3, -0.25) is 14.4 Å². The Labute approximate surface area is 486 Å². The molecule has 0 saturated heterocycles. The molecule has 0 amide bonds. The van der Waals surface area contributed by atoms with E-state index in [1.807, 2.05) is 0 Å². The normalized spacial score (nSPS) is 12.3. The van der Waals surface area contributed by atoms with Crippen LogP contribution in [0.5, 0.6) is 0 Å². The molecule has 456 valence electrons. The van der Waals surface area contributed by atoms with Crippen LogP contribution in [0.1, 0.15) is 374 Å². The number of ether oxygens (including phenoxy) is 3. The van der Waals surface area contributed by atoms with Crippen molar-refractivity contribution >= 4 is 17.9 Å². The van der Waals surface area contributed by atoms with Crippen molar-refractivity contribution in [3.05, 3.63) is 48.6 Å². The predicted molar refractivity (Wildman–Crippen MR) is 339 cm³/mol. The van der Waals surface area contributed by atoms with Gasteiger partial charge in [-0.25, -0.2) is 0 Å². The van der Waals surface area contributed by atoms with Gasteiger partial charge in [-0.05, 0) is 83.5 Å². The summed E-state index contributed by atoms with van der Waals surface area (Å²) in [6.45, 7) is 6.67. The zero-order valence-corrected chi connectivity index (χ0v) is 52.5. The zero-order valence-electron chi connectivity index (χ0n) is 52.5. The summed E-state index contributed by atoms with van der Waals surface area (Å²) in [6, 6.07) is 0. The molecule has 0 aliphatic heterocycles. The molecular weight excluding hydrogens is 961 g/mol. The maximum atomic E-state index is 12.9. The Balaban J connectivity index is 4.30. The van der Waals surface area contributed by atoms with Gasteiger partial charge in [-0.2, -0.15) is 0 Å². The molecule has 0 heterocycles. The van der Waals surface area contributed by atoms with Crippen LogP contribution in [-0.4, -0.2) is 37.2 Å². The molecule has 0 aliphatic rings. The number of carbonyl (C=O) groups excluding carboxylic acids is 3. The molecule has 0 radical (unpaired) electrons. The molecule has 0 fully saturated rings. The summed E-state index contributed by atoms with van der Waals surface area (Å²) < 4.78 is 17.0. The van der Waals surface area contributed by atoms with Gasteiger partial charge < -0.3 is 14.2 Å². The Hall–Kier alpha value is -2.63. The van der Waals surface area contributed by atoms with Gasteiger partial charge in [0.2, 0.25) is 0 Å². The minimum Gasteiger partial charge on any atom is -0.462 e. The fourth-order valence-corrected chi connectivity index (χ4v) is 10.3.